The van der Waals surface area contributed by atoms with E-state index in [9.17, 15) is 4.55 Å². The van der Waals surface area contributed by atoms with E-state index in [4.69, 9.17) is 4.43 Å². The molecular formula is C20H35BrN2O2SSi. The molecule has 0 saturated heterocycles. The third-order valence-electron chi connectivity index (χ3n) is 5.72. The number of hydrogen-bond donors (Lipinski definition) is 1. The van der Waals surface area contributed by atoms with Gasteiger partial charge in [0.2, 0.25) is 0 Å². The van der Waals surface area contributed by atoms with Crippen molar-refractivity contribution in [3.8, 4) is 0 Å². The van der Waals surface area contributed by atoms with Crippen molar-refractivity contribution in [1.82, 2.24) is 9.71 Å². The minimum absolute atomic E-state index is 0.0261. The van der Waals surface area contributed by atoms with Crippen molar-refractivity contribution in [3.63, 3.8) is 0 Å². The number of aromatic nitrogens is 1. The van der Waals surface area contributed by atoms with Crippen LogP contribution in [0.2, 0.25) is 18.1 Å². The van der Waals surface area contributed by atoms with Gasteiger partial charge in [0.05, 0.1) is 11.7 Å². The minimum atomic E-state index is -1.76. The summed E-state index contributed by atoms with van der Waals surface area (Å²) in [6.07, 6.45) is 2.27. The summed E-state index contributed by atoms with van der Waals surface area (Å²) in [5, 5.41) is 0.218. The molecular weight excluding hydrogens is 440 g/mol. The molecule has 1 heterocycles. The molecule has 1 fully saturated rings. The van der Waals surface area contributed by atoms with Crippen molar-refractivity contribution in [2.45, 2.75) is 89.4 Å². The van der Waals surface area contributed by atoms with Gasteiger partial charge in [0.25, 0.3) is 0 Å². The highest BCUT2D eigenvalue weighted by atomic mass is 79.9. The molecule has 0 aromatic carbocycles. The highest BCUT2D eigenvalue weighted by molar-refractivity contribution is 9.10. The molecule has 7 heteroatoms. The Morgan fingerprint density at radius 1 is 1.22 bits per heavy atom. The van der Waals surface area contributed by atoms with Crippen LogP contribution >= 0.6 is 15.9 Å². The van der Waals surface area contributed by atoms with E-state index in [1.165, 1.54) is 0 Å². The maximum Gasteiger partial charge on any atom is 0.192 e. The normalized spacial score (nSPS) is 23.6. The highest BCUT2D eigenvalue weighted by Crippen LogP contribution is 2.45. The van der Waals surface area contributed by atoms with Gasteiger partial charge in [-0.3, -0.25) is 0 Å². The molecule has 0 spiro atoms. The molecule has 1 aliphatic carbocycles. The molecule has 1 unspecified atom stereocenters. The Balaban J connectivity index is 2.10. The molecule has 1 aromatic rings. The summed E-state index contributed by atoms with van der Waals surface area (Å²) in [4.78, 5) is 4.64. The van der Waals surface area contributed by atoms with Crippen LogP contribution in [0.25, 0.3) is 0 Å². The van der Waals surface area contributed by atoms with Gasteiger partial charge in [0, 0.05) is 17.5 Å². The molecule has 0 aliphatic heterocycles. The predicted octanol–water partition coefficient (Wildman–Crippen LogP) is 5.74. The van der Waals surface area contributed by atoms with Gasteiger partial charge in [-0.15, -0.1) is 4.72 Å². The first-order valence-electron chi connectivity index (χ1n) is 9.69. The van der Waals surface area contributed by atoms with E-state index < -0.39 is 19.7 Å². The van der Waals surface area contributed by atoms with Crippen molar-refractivity contribution in [1.29, 1.82) is 0 Å². The molecule has 1 aliphatic rings. The van der Waals surface area contributed by atoms with E-state index in [2.05, 4.69) is 59.5 Å². The molecule has 0 bridgehead atoms. The largest absolute Gasteiger partial charge is 0.598 e. The Hall–Kier alpha value is 0.0769. The zero-order chi connectivity index (χ0) is 20.6. The van der Waals surface area contributed by atoms with Crippen molar-refractivity contribution in [2.24, 2.45) is 5.92 Å². The molecule has 1 aromatic heterocycles. The van der Waals surface area contributed by atoms with Gasteiger partial charge in [0.1, 0.15) is 9.35 Å². The van der Waals surface area contributed by atoms with Gasteiger partial charge in [-0.05, 0) is 85.7 Å². The lowest BCUT2D eigenvalue weighted by Gasteiger charge is -2.46. The Morgan fingerprint density at radius 3 is 2.30 bits per heavy atom. The lowest BCUT2D eigenvalue weighted by Crippen LogP contribution is -2.51. The van der Waals surface area contributed by atoms with Crippen molar-refractivity contribution in [3.05, 3.63) is 28.5 Å². The molecule has 27 heavy (non-hydrogen) atoms. The number of rotatable bonds is 6. The smallest absolute Gasteiger partial charge is 0.192 e. The quantitative estimate of drug-likeness (QED) is 0.324. The molecule has 0 radical (unpaired) electrons. The van der Waals surface area contributed by atoms with Crippen LogP contribution in [0.4, 0.5) is 0 Å². The van der Waals surface area contributed by atoms with Crippen LogP contribution in [-0.2, 0) is 15.8 Å². The lowest BCUT2D eigenvalue weighted by molar-refractivity contribution is 0.0365. The van der Waals surface area contributed by atoms with Gasteiger partial charge < -0.3 is 8.98 Å². The van der Waals surface area contributed by atoms with Crippen LogP contribution < -0.4 is 4.72 Å². The number of hydrogen-bond acceptors (Lipinski definition) is 4. The predicted molar refractivity (Wildman–Crippen MR) is 121 cm³/mol. The van der Waals surface area contributed by atoms with Crippen LogP contribution in [0.5, 0.6) is 0 Å². The van der Waals surface area contributed by atoms with Crippen LogP contribution in [0.1, 0.15) is 66.1 Å². The zero-order valence-electron chi connectivity index (χ0n) is 17.9. The van der Waals surface area contributed by atoms with Crippen molar-refractivity contribution in [2.75, 3.05) is 0 Å². The minimum Gasteiger partial charge on any atom is -0.598 e. The average Bonchev–Trinajstić information content (AvgIpc) is 2.46. The monoisotopic (exact) mass is 474 g/mol. The Morgan fingerprint density at radius 2 is 1.81 bits per heavy atom. The Kier molecular flexibility index (Phi) is 7.30. The SMILES string of the molecule is CC(C)(C)[S@@+]([O-])NC(c1cccc(Br)n1)[C@H]1C[C@@H](O[Si](C)(C)C(C)(C)C)C1. The van der Waals surface area contributed by atoms with Crippen LogP contribution in [0, 0.1) is 5.92 Å². The summed E-state index contributed by atoms with van der Waals surface area (Å²) in [5.74, 6) is 0.382. The number of halogens is 1. The number of nitrogens with one attached hydrogen (secondary N) is 1. The second kappa shape index (κ2) is 8.44. The van der Waals surface area contributed by atoms with Gasteiger partial charge in [0.15, 0.2) is 8.32 Å². The van der Waals surface area contributed by atoms with Gasteiger partial charge >= 0.3 is 0 Å². The van der Waals surface area contributed by atoms with E-state index >= 15 is 0 Å². The molecule has 2 rings (SSSR count). The van der Waals surface area contributed by atoms with Crippen molar-refractivity contribution < 1.29 is 8.98 Å². The maximum atomic E-state index is 12.8. The zero-order valence-corrected chi connectivity index (χ0v) is 21.3. The topological polar surface area (TPSA) is 57.2 Å². The molecule has 1 saturated carbocycles. The molecule has 4 nitrogen and oxygen atoms in total. The highest BCUT2D eigenvalue weighted by Gasteiger charge is 2.46. The molecule has 1 N–H and O–H groups in total. The van der Waals surface area contributed by atoms with Crippen LogP contribution in [-0.4, -0.2) is 28.7 Å². The second-order valence-corrected chi connectivity index (χ2v) is 17.7. The summed E-state index contributed by atoms with van der Waals surface area (Å²) in [6, 6.07) is 5.90. The van der Waals surface area contributed by atoms with Crippen molar-refractivity contribution >= 4 is 35.6 Å². The van der Waals surface area contributed by atoms with Crippen LogP contribution in [0.3, 0.4) is 0 Å². The molecule has 0 amide bonds. The first-order chi connectivity index (χ1) is 12.2. The average molecular weight is 476 g/mol. The Bertz CT molecular complexity index is 640. The first-order valence-corrected chi connectivity index (χ1v) is 14.5. The fourth-order valence-electron chi connectivity index (χ4n) is 2.86. The summed E-state index contributed by atoms with van der Waals surface area (Å²) < 4.78 is 23.2. The molecule has 2 atom stereocenters. The van der Waals surface area contributed by atoms with E-state index in [1.807, 2.05) is 39.0 Å². The summed E-state index contributed by atoms with van der Waals surface area (Å²) in [5.41, 5.74) is 0.942. The Labute approximate surface area is 177 Å². The fourth-order valence-corrected chi connectivity index (χ4v) is 5.49. The third kappa shape index (κ3) is 6.03. The van der Waals surface area contributed by atoms with E-state index in [0.717, 1.165) is 23.1 Å². The summed E-state index contributed by atoms with van der Waals surface area (Å²) in [7, 11) is -1.76. The fraction of sp³-hybridized carbons (Fsp3) is 0.750. The first kappa shape index (κ1) is 23.4. The van der Waals surface area contributed by atoms with E-state index in [1.54, 1.807) is 0 Å². The summed E-state index contributed by atoms with van der Waals surface area (Å²) >= 11 is 2.32. The van der Waals surface area contributed by atoms with Gasteiger partial charge in [-0.1, -0.05) is 26.8 Å². The van der Waals surface area contributed by atoms with Gasteiger partial charge in [-0.2, -0.15) is 0 Å². The number of pyridine rings is 1. The van der Waals surface area contributed by atoms with Crippen LogP contribution in [0.15, 0.2) is 22.8 Å². The molecule has 154 valence electrons. The third-order valence-corrected chi connectivity index (χ3v) is 12.3. The standard InChI is InChI=1S/C20H35BrN2O2SSi/c1-19(2,3)26(24)23-18(16-10-9-11-17(21)22-16)14-12-15(13-14)25-27(7,8)20(4,5)6/h9-11,14-15,18,23H,12-13H2,1-8H3/t14-,15+,18?,26-/m1/s1. The maximum absolute atomic E-state index is 12.8. The van der Waals surface area contributed by atoms with Gasteiger partial charge in [-0.25, -0.2) is 4.98 Å². The van der Waals surface area contributed by atoms with E-state index in [0.29, 0.717) is 12.0 Å². The summed E-state index contributed by atoms with van der Waals surface area (Å²) in [6.45, 7) is 17.4. The second-order valence-electron chi connectivity index (χ2n) is 10.1. The van der Waals surface area contributed by atoms with E-state index in [-0.39, 0.29) is 15.8 Å². The lowest BCUT2D eigenvalue weighted by atomic mass is 9.76. The number of nitrogens with zero attached hydrogens (tertiary/aromatic N) is 1.